The highest BCUT2D eigenvalue weighted by Gasteiger charge is 2.13. The van der Waals surface area contributed by atoms with Crippen molar-refractivity contribution in [3.8, 4) is 17.2 Å². The summed E-state index contributed by atoms with van der Waals surface area (Å²) in [7, 11) is 8.65. The molecule has 0 fully saturated rings. The predicted molar refractivity (Wildman–Crippen MR) is 113 cm³/mol. The molecule has 0 aromatic heterocycles. The average Bonchev–Trinajstić information content (AvgIpc) is 2.71. The van der Waals surface area contributed by atoms with Crippen molar-refractivity contribution in [3.05, 3.63) is 17.7 Å². The number of hydrogen-bond donors (Lipinski definition) is 2. The van der Waals surface area contributed by atoms with Gasteiger partial charge in [0.1, 0.15) is 0 Å². The van der Waals surface area contributed by atoms with Gasteiger partial charge in [-0.3, -0.25) is 0 Å². The Bertz CT molecular complexity index is 571. The Labute approximate surface area is 169 Å². The zero-order valence-electron chi connectivity index (χ0n) is 18.1. The largest absolute Gasteiger partial charge is 0.493 e. The van der Waals surface area contributed by atoms with Crippen molar-refractivity contribution in [1.29, 1.82) is 0 Å². The zero-order chi connectivity index (χ0) is 20.8. The van der Waals surface area contributed by atoms with E-state index < -0.39 is 0 Å². The summed E-state index contributed by atoms with van der Waals surface area (Å²) in [5.41, 5.74) is 0.975. The van der Waals surface area contributed by atoms with E-state index in [2.05, 4.69) is 27.6 Å². The molecule has 0 aliphatic heterocycles. The van der Waals surface area contributed by atoms with Crippen molar-refractivity contribution in [2.75, 3.05) is 68.3 Å². The number of ether oxygens (including phenoxy) is 4. The van der Waals surface area contributed by atoms with Crippen molar-refractivity contribution in [1.82, 2.24) is 15.5 Å². The van der Waals surface area contributed by atoms with Crippen molar-refractivity contribution < 1.29 is 18.9 Å². The number of nitrogens with one attached hydrogen (secondary N) is 2. The van der Waals surface area contributed by atoms with E-state index in [1.165, 1.54) is 0 Å². The molecular weight excluding hydrogens is 360 g/mol. The molecule has 8 nitrogen and oxygen atoms in total. The molecule has 1 rings (SSSR count). The van der Waals surface area contributed by atoms with Crippen molar-refractivity contribution >= 4 is 5.96 Å². The second kappa shape index (κ2) is 13.9. The van der Waals surface area contributed by atoms with Crippen molar-refractivity contribution in [2.45, 2.75) is 19.9 Å². The van der Waals surface area contributed by atoms with Crippen LogP contribution in [0.4, 0.5) is 0 Å². The first-order chi connectivity index (χ1) is 13.6. The van der Waals surface area contributed by atoms with Gasteiger partial charge in [-0.1, -0.05) is 0 Å². The van der Waals surface area contributed by atoms with Crippen molar-refractivity contribution in [3.63, 3.8) is 0 Å². The van der Waals surface area contributed by atoms with Gasteiger partial charge >= 0.3 is 0 Å². The lowest BCUT2D eigenvalue weighted by atomic mass is 10.2. The number of aliphatic imine (C=N–C) groups is 1. The molecule has 0 saturated carbocycles. The summed E-state index contributed by atoms with van der Waals surface area (Å²) in [6, 6.07) is 3.83. The number of guanidine groups is 1. The smallest absolute Gasteiger partial charge is 0.203 e. The van der Waals surface area contributed by atoms with Gasteiger partial charge in [0.25, 0.3) is 0 Å². The Morgan fingerprint density at radius 1 is 1.00 bits per heavy atom. The molecule has 0 unspecified atom stereocenters. The maximum Gasteiger partial charge on any atom is 0.203 e. The van der Waals surface area contributed by atoms with Gasteiger partial charge in [0.15, 0.2) is 17.5 Å². The molecule has 0 saturated heterocycles. The number of benzene rings is 1. The predicted octanol–water partition coefficient (Wildman–Crippen LogP) is 1.74. The van der Waals surface area contributed by atoms with Gasteiger partial charge in [0, 0.05) is 39.9 Å². The average molecular weight is 397 g/mol. The van der Waals surface area contributed by atoms with Gasteiger partial charge in [-0.2, -0.15) is 0 Å². The summed E-state index contributed by atoms with van der Waals surface area (Å²) >= 11 is 0. The molecule has 1 aromatic carbocycles. The molecule has 0 amide bonds. The second-order valence-electron chi connectivity index (χ2n) is 6.31. The highest BCUT2D eigenvalue weighted by Crippen LogP contribution is 2.38. The molecule has 0 spiro atoms. The lowest BCUT2D eigenvalue weighted by Crippen LogP contribution is -2.41. The molecule has 160 valence electrons. The van der Waals surface area contributed by atoms with E-state index in [0.29, 0.717) is 23.8 Å². The third kappa shape index (κ3) is 8.22. The van der Waals surface area contributed by atoms with Crippen LogP contribution in [0.3, 0.4) is 0 Å². The number of likely N-dealkylation sites (N-methyl/N-ethyl adjacent to an activating group) is 1. The monoisotopic (exact) mass is 396 g/mol. The SMILES string of the molecule is CCNC(=NCc1cc(OC)c(OC)c(OC)c1)NCCN(C)CCCOC. The van der Waals surface area contributed by atoms with E-state index in [1.54, 1.807) is 28.4 Å². The Morgan fingerprint density at radius 3 is 2.21 bits per heavy atom. The third-order valence-corrected chi connectivity index (χ3v) is 4.16. The summed E-state index contributed by atoms with van der Waals surface area (Å²) in [6.45, 7) is 6.88. The van der Waals surface area contributed by atoms with Gasteiger partial charge in [-0.15, -0.1) is 0 Å². The number of rotatable bonds is 13. The third-order valence-electron chi connectivity index (χ3n) is 4.16. The first-order valence-electron chi connectivity index (χ1n) is 9.58. The molecule has 2 N–H and O–H groups in total. The molecule has 0 radical (unpaired) electrons. The van der Waals surface area contributed by atoms with Crippen LogP contribution in [0, 0.1) is 0 Å². The minimum atomic E-state index is 0.496. The van der Waals surface area contributed by atoms with Crippen LogP contribution in [0.25, 0.3) is 0 Å². The van der Waals surface area contributed by atoms with Crippen LogP contribution in [-0.2, 0) is 11.3 Å². The molecule has 8 heteroatoms. The van der Waals surface area contributed by atoms with Crippen LogP contribution in [0.5, 0.6) is 17.2 Å². The zero-order valence-corrected chi connectivity index (χ0v) is 18.1. The molecule has 1 aromatic rings. The molecule has 0 atom stereocenters. The Morgan fingerprint density at radius 2 is 1.68 bits per heavy atom. The fraction of sp³-hybridized carbons (Fsp3) is 0.650. The Kier molecular flexibility index (Phi) is 11.8. The summed E-state index contributed by atoms with van der Waals surface area (Å²) in [5, 5.41) is 6.64. The van der Waals surface area contributed by atoms with Gasteiger partial charge in [-0.25, -0.2) is 4.99 Å². The minimum absolute atomic E-state index is 0.496. The molecule has 0 heterocycles. The van der Waals surface area contributed by atoms with Crippen LogP contribution in [0.15, 0.2) is 17.1 Å². The van der Waals surface area contributed by atoms with Crippen LogP contribution >= 0.6 is 0 Å². The minimum Gasteiger partial charge on any atom is -0.493 e. The van der Waals surface area contributed by atoms with Gasteiger partial charge < -0.3 is 34.5 Å². The highest BCUT2D eigenvalue weighted by atomic mass is 16.5. The number of hydrogen-bond acceptors (Lipinski definition) is 6. The molecular formula is C20H36N4O4. The van der Waals surface area contributed by atoms with E-state index in [4.69, 9.17) is 18.9 Å². The maximum absolute atomic E-state index is 5.41. The quantitative estimate of drug-likeness (QED) is 0.299. The Hall–Kier alpha value is -2.19. The lowest BCUT2D eigenvalue weighted by molar-refractivity contribution is 0.180. The van der Waals surface area contributed by atoms with Crippen LogP contribution in [-0.4, -0.2) is 79.1 Å². The number of methoxy groups -OCH3 is 4. The van der Waals surface area contributed by atoms with E-state index in [0.717, 1.165) is 50.7 Å². The molecule has 0 aliphatic carbocycles. The van der Waals surface area contributed by atoms with Crippen LogP contribution < -0.4 is 24.8 Å². The van der Waals surface area contributed by atoms with Gasteiger partial charge in [0.2, 0.25) is 5.75 Å². The van der Waals surface area contributed by atoms with Crippen LogP contribution in [0.1, 0.15) is 18.9 Å². The highest BCUT2D eigenvalue weighted by molar-refractivity contribution is 5.79. The fourth-order valence-corrected chi connectivity index (χ4v) is 2.69. The van der Waals surface area contributed by atoms with Crippen molar-refractivity contribution in [2.24, 2.45) is 4.99 Å². The summed E-state index contributed by atoms with van der Waals surface area (Å²) in [5.74, 6) is 2.62. The topological polar surface area (TPSA) is 76.6 Å². The number of nitrogens with zero attached hydrogens (tertiary/aromatic N) is 2. The van der Waals surface area contributed by atoms with E-state index in [1.807, 2.05) is 19.1 Å². The van der Waals surface area contributed by atoms with E-state index >= 15 is 0 Å². The van der Waals surface area contributed by atoms with E-state index in [-0.39, 0.29) is 0 Å². The first-order valence-corrected chi connectivity index (χ1v) is 9.58. The second-order valence-corrected chi connectivity index (χ2v) is 6.31. The standard InChI is InChI=1S/C20H36N4O4/c1-7-21-20(22-9-11-24(2)10-8-12-25-3)23-15-16-13-17(26-4)19(28-6)18(14-16)27-5/h13-14H,7-12,15H2,1-6H3,(H2,21,22,23). The Balaban J connectivity index is 2.69. The van der Waals surface area contributed by atoms with E-state index in [9.17, 15) is 0 Å². The normalized spacial score (nSPS) is 11.5. The maximum atomic E-state index is 5.41. The summed E-state index contributed by atoms with van der Waals surface area (Å²) < 4.78 is 21.3. The van der Waals surface area contributed by atoms with Gasteiger partial charge in [-0.05, 0) is 38.1 Å². The molecule has 28 heavy (non-hydrogen) atoms. The van der Waals surface area contributed by atoms with Gasteiger partial charge in [0.05, 0.1) is 27.9 Å². The molecule has 0 bridgehead atoms. The summed E-state index contributed by atoms with van der Waals surface area (Å²) in [6.07, 6.45) is 1.03. The molecule has 0 aliphatic rings. The lowest BCUT2D eigenvalue weighted by Gasteiger charge is -2.18. The first kappa shape index (κ1) is 23.8. The fourth-order valence-electron chi connectivity index (χ4n) is 2.69. The van der Waals surface area contributed by atoms with Crippen LogP contribution in [0.2, 0.25) is 0 Å². The summed E-state index contributed by atoms with van der Waals surface area (Å²) in [4.78, 5) is 6.94.